The number of hydrogen-bond acceptors (Lipinski definition) is 6. The van der Waals surface area contributed by atoms with Crippen molar-refractivity contribution in [2.75, 3.05) is 11.5 Å². The lowest BCUT2D eigenvalue weighted by molar-refractivity contribution is -0.151. The Hall–Kier alpha value is -1.11. The zero-order valence-corrected chi connectivity index (χ0v) is 12.9. The van der Waals surface area contributed by atoms with Crippen molar-refractivity contribution in [1.82, 2.24) is 0 Å². The third-order valence-corrected chi connectivity index (χ3v) is 3.49. The molecular formula is C12H22O6S. The summed E-state index contributed by atoms with van der Waals surface area (Å²) < 4.78 is 33.1. The average Bonchev–Trinajstić information content (AvgIpc) is 2.09. The smallest absolute Gasteiger partial charge is 0.321 e. The molecule has 0 aromatic carbocycles. The number of carbonyl (C=O) groups excluding carboxylic acids is 2. The number of carbonyl (C=O) groups is 2. The second kappa shape index (κ2) is 6.88. The number of esters is 2. The van der Waals surface area contributed by atoms with Crippen molar-refractivity contribution in [3.05, 3.63) is 0 Å². The predicted octanol–water partition coefficient (Wildman–Crippen LogP) is 1.08. The highest BCUT2D eigenvalue weighted by Crippen LogP contribution is 2.09. The van der Waals surface area contributed by atoms with Gasteiger partial charge >= 0.3 is 11.9 Å². The number of ether oxygens (including phenoxy) is 2. The Morgan fingerprint density at radius 3 is 2.16 bits per heavy atom. The SMILES string of the molecule is CC(=O)OC(C)CCS(=O)(=O)CC(=O)OC(C)(C)C. The summed E-state index contributed by atoms with van der Waals surface area (Å²) in [5.74, 6) is -2.11. The zero-order valence-electron chi connectivity index (χ0n) is 12.1. The van der Waals surface area contributed by atoms with E-state index < -0.39 is 39.2 Å². The first kappa shape index (κ1) is 17.9. The van der Waals surface area contributed by atoms with Crippen LogP contribution in [0.25, 0.3) is 0 Å². The molecule has 0 aliphatic heterocycles. The molecular weight excluding hydrogens is 272 g/mol. The molecule has 0 amide bonds. The second-order valence-electron chi connectivity index (χ2n) is 5.39. The maximum absolute atomic E-state index is 11.7. The monoisotopic (exact) mass is 294 g/mol. The predicted molar refractivity (Wildman–Crippen MR) is 70.3 cm³/mol. The molecule has 0 aromatic heterocycles. The Morgan fingerprint density at radius 1 is 1.21 bits per heavy atom. The molecule has 6 nitrogen and oxygen atoms in total. The summed E-state index contributed by atoms with van der Waals surface area (Å²) in [5, 5.41) is 0. The molecule has 0 heterocycles. The summed E-state index contributed by atoms with van der Waals surface area (Å²) in [6, 6.07) is 0. The number of rotatable bonds is 6. The molecule has 0 aliphatic rings. The quantitative estimate of drug-likeness (QED) is 0.681. The van der Waals surface area contributed by atoms with Crippen molar-refractivity contribution in [2.45, 2.75) is 52.7 Å². The summed E-state index contributed by atoms with van der Waals surface area (Å²) in [4.78, 5) is 22.1. The summed E-state index contributed by atoms with van der Waals surface area (Å²) in [5.41, 5.74) is -0.711. The molecule has 0 saturated carbocycles. The molecule has 1 atom stereocenters. The zero-order chi connectivity index (χ0) is 15.3. The van der Waals surface area contributed by atoms with E-state index in [0.717, 1.165) is 0 Å². The largest absolute Gasteiger partial charge is 0.463 e. The van der Waals surface area contributed by atoms with Crippen LogP contribution >= 0.6 is 0 Å². The van der Waals surface area contributed by atoms with Gasteiger partial charge in [-0.05, 0) is 34.1 Å². The fraction of sp³-hybridized carbons (Fsp3) is 0.833. The van der Waals surface area contributed by atoms with Gasteiger partial charge in [0.25, 0.3) is 0 Å². The van der Waals surface area contributed by atoms with E-state index in [9.17, 15) is 18.0 Å². The van der Waals surface area contributed by atoms with Gasteiger partial charge < -0.3 is 9.47 Å². The lowest BCUT2D eigenvalue weighted by Crippen LogP contribution is -2.30. The minimum absolute atomic E-state index is 0.157. The van der Waals surface area contributed by atoms with E-state index in [1.807, 2.05) is 0 Å². The Bertz CT molecular complexity index is 418. The van der Waals surface area contributed by atoms with Crippen LogP contribution in [0.2, 0.25) is 0 Å². The molecule has 7 heteroatoms. The van der Waals surface area contributed by atoms with Crippen LogP contribution in [0.3, 0.4) is 0 Å². The molecule has 0 rings (SSSR count). The molecule has 1 unspecified atom stereocenters. The fourth-order valence-electron chi connectivity index (χ4n) is 1.31. The van der Waals surface area contributed by atoms with Crippen LogP contribution in [-0.4, -0.2) is 43.6 Å². The average molecular weight is 294 g/mol. The molecule has 0 aliphatic carbocycles. The maximum atomic E-state index is 11.7. The van der Waals surface area contributed by atoms with Crippen LogP contribution in [-0.2, 0) is 28.9 Å². The fourth-order valence-corrected chi connectivity index (χ4v) is 2.56. The van der Waals surface area contributed by atoms with Gasteiger partial charge in [-0.2, -0.15) is 0 Å². The molecule has 112 valence electrons. The van der Waals surface area contributed by atoms with Gasteiger partial charge in [0, 0.05) is 6.92 Å². The van der Waals surface area contributed by atoms with E-state index in [0.29, 0.717) is 0 Å². The van der Waals surface area contributed by atoms with Gasteiger partial charge in [-0.1, -0.05) is 0 Å². The normalized spacial score (nSPS) is 13.7. The lowest BCUT2D eigenvalue weighted by Gasteiger charge is -2.19. The topological polar surface area (TPSA) is 86.7 Å². The molecule has 0 spiro atoms. The Labute approximate surface area is 114 Å². The summed E-state index contributed by atoms with van der Waals surface area (Å²) in [6.07, 6.45) is -0.337. The maximum Gasteiger partial charge on any atom is 0.321 e. The van der Waals surface area contributed by atoms with Gasteiger partial charge in [-0.25, -0.2) is 8.42 Å². The first-order valence-corrected chi connectivity index (χ1v) is 7.83. The molecule has 0 N–H and O–H groups in total. The van der Waals surface area contributed by atoms with Crippen LogP contribution in [0, 0.1) is 0 Å². The van der Waals surface area contributed by atoms with Crippen LogP contribution < -0.4 is 0 Å². The Kier molecular flexibility index (Phi) is 6.48. The van der Waals surface area contributed by atoms with E-state index >= 15 is 0 Å². The third-order valence-electron chi connectivity index (χ3n) is 1.96. The van der Waals surface area contributed by atoms with Gasteiger partial charge in [-0.3, -0.25) is 9.59 Å². The molecule has 19 heavy (non-hydrogen) atoms. The van der Waals surface area contributed by atoms with Crippen molar-refractivity contribution < 1.29 is 27.5 Å². The van der Waals surface area contributed by atoms with Crippen LogP contribution in [0.15, 0.2) is 0 Å². The van der Waals surface area contributed by atoms with E-state index in [1.54, 1.807) is 27.7 Å². The van der Waals surface area contributed by atoms with Crippen molar-refractivity contribution in [3.63, 3.8) is 0 Å². The van der Waals surface area contributed by atoms with Gasteiger partial charge in [0.2, 0.25) is 0 Å². The first-order valence-electron chi connectivity index (χ1n) is 6.01. The summed E-state index contributed by atoms with van der Waals surface area (Å²) in [7, 11) is -3.55. The summed E-state index contributed by atoms with van der Waals surface area (Å²) in [6.45, 7) is 7.86. The molecule has 0 saturated heterocycles. The highest BCUT2D eigenvalue weighted by atomic mass is 32.2. The van der Waals surface area contributed by atoms with E-state index in [2.05, 4.69) is 0 Å². The second-order valence-corrected chi connectivity index (χ2v) is 7.57. The molecule has 0 aromatic rings. The van der Waals surface area contributed by atoms with Crippen LogP contribution in [0.1, 0.15) is 41.0 Å². The van der Waals surface area contributed by atoms with Gasteiger partial charge in [0.1, 0.15) is 11.4 Å². The Morgan fingerprint density at radius 2 is 1.74 bits per heavy atom. The van der Waals surface area contributed by atoms with Crippen molar-refractivity contribution in [1.29, 1.82) is 0 Å². The van der Waals surface area contributed by atoms with E-state index in [1.165, 1.54) is 6.92 Å². The van der Waals surface area contributed by atoms with Gasteiger partial charge in [0.15, 0.2) is 9.84 Å². The van der Waals surface area contributed by atoms with Gasteiger partial charge in [0.05, 0.1) is 11.9 Å². The molecule has 0 radical (unpaired) electrons. The number of sulfone groups is 1. The van der Waals surface area contributed by atoms with Gasteiger partial charge in [-0.15, -0.1) is 0 Å². The van der Waals surface area contributed by atoms with Crippen molar-refractivity contribution >= 4 is 21.8 Å². The number of hydrogen-bond donors (Lipinski definition) is 0. The third kappa shape index (κ3) is 10.5. The molecule has 0 bridgehead atoms. The van der Waals surface area contributed by atoms with E-state index in [4.69, 9.17) is 9.47 Å². The minimum atomic E-state index is -3.55. The summed E-state index contributed by atoms with van der Waals surface area (Å²) >= 11 is 0. The van der Waals surface area contributed by atoms with Crippen LogP contribution in [0.5, 0.6) is 0 Å². The minimum Gasteiger partial charge on any atom is -0.463 e. The highest BCUT2D eigenvalue weighted by Gasteiger charge is 2.23. The Balaban J connectivity index is 4.26. The van der Waals surface area contributed by atoms with E-state index in [-0.39, 0.29) is 12.2 Å². The lowest BCUT2D eigenvalue weighted by atomic mass is 10.2. The van der Waals surface area contributed by atoms with Crippen molar-refractivity contribution in [3.8, 4) is 0 Å². The molecule has 0 fully saturated rings. The first-order chi connectivity index (χ1) is 8.41. The van der Waals surface area contributed by atoms with Crippen molar-refractivity contribution in [2.24, 2.45) is 0 Å². The highest BCUT2D eigenvalue weighted by molar-refractivity contribution is 7.92. The van der Waals surface area contributed by atoms with Crippen LogP contribution in [0.4, 0.5) is 0 Å². The standard InChI is InChI=1S/C12H22O6S/c1-9(17-10(2)13)6-7-19(15,16)8-11(14)18-12(3,4)5/h9H,6-8H2,1-5H3.